The van der Waals surface area contributed by atoms with Gasteiger partial charge in [0, 0.05) is 13.1 Å². The Bertz CT molecular complexity index is 1290. The van der Waals surface area contributed by atoms with E-state index in [1.54, 1.807) is 14.0 Å². The molecule has 9 heteroatoms. The van der Waals surface area contributed by atoms with E-state index in [9.17, 15) is 14.4 Å². The molecule has 186 valence electrons. The number of benzene rings is 2. The van der Waals surface area contributed by atoms with Gasteiger partial charge >= 0.3 is 5.69 Å². The van der Waals surface area contributed by atoms with Crippen LogP contribution in [-0.4, -0.2) is 47.6 Å². The Balaban J connectivity index is 1.84. The van der Waals surface area contributed by atoms with Crippen LogP contribution in [0.2, 0.25) is 0 Å². The zero-order chi connectivity index (χ0) is 25.7. The number of rotatable bonds is 9. The van der Waals surface area contributed by atoms with Crippen LogP contribution in [-0.2, 0) is 17.9 Å². The number of nitrogens with two attached hydrogens (primary N) is 1. The molecule has 1 amide bonds. The molecule has 0 bridgehead atoms. The molecule has 3 aromatic rings. The van der Waals surface area contributed by atoms with Crippen LogP contribution in [0.25, 0.3) is 0 Å². The summed E-state index contributed by atoms with van der Waals surface area (Å²) in [7, 11) is 3.49. The average Bonchev–Trinajstić information content (AvgIpc) is 2.79. The SMILES string of the molecule is CCN(C(=O)CN(C)Cc1cc(C)c(OC)c(C)c1)c1c(N)n(Cc2ccccc2)c(=O)[nH]c1=O. The lowest BCUT2D eigenvalue weighted by Gasteiger charge is -2.26. The van der Waals surface area contributed by atoms with Gasteiger partial charge in [-0.05, 0) is 50.1 Å². The summed E-state index contributed by atoms with van der Waals surface area (Å²) in [6.45, 7) is 6.74. The maximum absolute atomic E-state index is 13.2. The zero-order valence-electron chi connectivity index (χ0n) is 20.9. The quantitative estimate of drug-likeness (QED) is 0.487. The van der Waals surface area contributed by atoms with Crippen molar-refractivity contribution >= 4 is 17.4 Å². The van der Waals surface area contributed by atoms with Crippen molar-refractivity contribution in [1.29, 1.82) is 0 Å². The monoisotopic (exact) mass is 479 g/mol. The Labute approximate surface area is 204 Å². The normalized spacial score (nSPS) is 11.0. The van der Waals surface area contributed by atoms with Crippen molar-refractivity contribution in [3.05, 3.63) is 85.6 Å². The Morgan fingerprint density at radius 3 is 2.29 bits per heavy atom. The van der Waals surface area contributed by atoms with Crippen LogP contribution in [0.4, 0.5) is 11.5 Å². The highest BCUT2D eigenvalue weighted by Crippen LogP contribution is 2.25. The van der Waals surface area contributed by atoms with Crippen molar-refractivity contribution in [2.45, 2.75) is 33.9 Å². The number of aromatic nitrogens is 2. The molecule has 3 rings (SSSR count). The lowest BCUT2D eigenvalue weighted by atomic mass is 10.1. The summed E-state index contributed by atoms with van der Waals surface area (Å²) in [6.07, 6.45) is 0. The molecule has 0 aliphatic carbocycles. The number of carbonyl (C=O) groups is 1. The smallest absolute Gasteiger partial charge is 0.330 e. The number of nitrogen functional groups attached to an aromatic ring is 1. The highest BCUT2D eigenvalue weighted by Gasteiger charge is 2.24. The molecule has 0 spiro atoms. The minimum atomic E-state index is -0.684. The molecule has 1 heterocycles. The summed E-state index contributed by atoms with van der Waals surface area (Å²) < 4.78 is 6.70. The molecular formula is C26H33N5O4. The Hall–Kier alpha value is -3.85. The van der Waals surface area contributed by atoms with Gasteiger partial charge in [0.05, 0.1) is 20.2 Å². The summed E-state index contributed by atoms with van der Waals surface area (Å²) >= 11 is 0. The maximum atomic E-state index is 13.2. The van der Waals surface area contributed by atoms with Crippen molar-refractivity contribution in [3.8, 4) is 5.75 Å². The first-order valence-electron chi connectivity index (χ1n) is 11.5. The van der Waals surface area contributed by atoms with E-state index in [4.69, 9.17) is 10.5 Å². The van der Waals surface area contributed by atoms with Crippen molar-refractivity contribution in [2.75, 3.05) is 37.9 Å². The van der Waals surface area contributed by atoms with Crippen LogP contribution in [0.1, 0.15) is 29.2 Å². The lowest BCUT2D eigenvalue weighted by molar-refractivity contribution is -0.119. The molecule has 1 aromatic heterocycles. The zero-order valence-corrected chi connectivity index (χ0v) is 20.9. The number of aryl methyl sites for hydroxylation is 2. The average molecular weight is 480 g/mol. The van der Waals surface area contributed by atoms with Gasteiger partial charge < -0.3 is 15.4 Å². The third-order valence-corrected chi connectivity index (χ3v) is 5.87. The molecule has 0 unspecified atom stereocenters. The fraction of sp³-hybridized carbons (Fsp3) is 0.346. The minimum absolute atomic E-state index is 0.0161. The molecule has 0 fully saturated rings. The number of hydrogen-bond acceptors (Lipinski definition) is 6. The number of H-pyrrole nitrogens is 1. The second-order valence-corrected chi connectivity index (χ2v) is 8.64. The molecule has 0 aliphatic rings. The van der Waals surface area contributed by atoms with Crippen molar-refractivity contribution < 1.29 is 9.53 Å². The van der Waals surface area contributed by atoms with Gasteiger partial charge in [-0.15, -0.1) is 0 Å². The molecule has 0 radical (unpaired) electrons. The number of anilines is 2. The number of nitrogens with one attached hydrogen (secondary N) is 1. The number of aromatic amines is 1. The fourth-order valence-corrected chi connectivity index (χ4v) is 4.36. The summed E-state index contributed by atoms with van der Waals surface area (Å²) in [5, 5.41) is 0. The van der Waals surface area contributed by atoms with E-state index < -0.39 is 11.2 Å². The molecule has 0 atom stereocenters. The van der Waals surface area contributed by atoms with Gasteiger partial charge in [-0.25, -0.2) is 4.79 Å². The van der Waals surface area contributed by atoms with E-state index in [-0.39, 0.29) is 37.0 Å². The van der Waals surface area contributed by atoms with Crippen LogP contribution < -0.4 is 26.6 Å². The molecule has 9 nitrogen and oxygen atoms in total. The summed E-state index contributed by atoms with van der Waals surface area (Å²) in [4.78, 5) is 43.9. The topological polar surface area (TPSA) is 114 Å². The molecule has 2 aromatic carbocycles. The van der Waals surface area contributed by atoms with Crippen LogP contribution >= 0.6 is 0 Å². The van der Waals surface area contributed by atoms with E-state index in [1.807, 2.05) is 68.3 Å². The molecule has 35 heavy (non-hydrogen) atoms. The van der Waals surface area contributed by atoms with Gasteiger partial charge in [0.25, 0.3) is 5.56 Å². The minimum Gasteiger partial charge on any atom is -0.496 e. The maximum Gasteiger partial charge on any atom is 0.330 e. The number of likely N-dealkylation sites (N-methyl/N-ethyl adjacent to an activating group) is 2. The summed E-state index contributed by atoms with van der Waals surface area (Å²) in [6, 6.07) is 13.4. The lowest BCUT2D eigenvalue weighted by Crippen LogP contribution is -2.44. The van der Waals surface area contributed by atoms with E-state index >= 15 is 0 Å². The predicted octanol–water partition coefficient (Wildman–Crippen LogP) is 2.28. The molecule has 0 saturated heterocycles. The van der Waals surface area contributed by atoms with Crippen molar-refractivity contribution in [3.63, 3.8) is 0 Å². The first kappa shape index (κ1) is 25.8. The number of methoxy groups -OCH3 is 1. The van der Waals surface area contributed by atoms with E-state index in [1.165, 1.54) is 9.47 Å². The number of ether oxygens (including phenoxy) is 1. The van der Waals surface area contributed by atoms with Crippen molar-refractivity contribution in [1.82, 2.24) is 14.5 Å². The Kier molecular flexibility index (Phi) is 8.14. The van der Waals surface area contributed by atoms with Gasteiger partial charge in [0.2, 0.25) is 5.91 Å². The number of amides is 1. The molecule has 0 saturated carbocycles. The van der Waals surface area contributed by atoms with Gasteiger partial charge in [-0.1, -0.05) is 42.5 Å². The molecule has 0 aliphatic heterocycles. The number of nitrogens with zero attached hydrogens (tertiary/aromatic N) is 3. The van der Waals surface area contributed by atoms with Crippen LogP contribution in [0.15, 0.2) is 52.1 Å². The predicted molar refractivity (Wildman–Crippen MR) is 138 cm³/mol. The molecule has 3 N–H and O–H groups in total. The summed E-state index contributed by atoms with van der Waals surface area (Å²) in [5.41, 5.74) is 8.91. The van der Waals surface area contributed by atoms with Gasteiger partial charge in [0.1, 0.15) is 11.6 Å². The second kappa shape index (κ2) is 11.1. The first-order chi connectivity index (χ1) is 16.7. The molecular weight excluding hydrogens is 446 g/mol. The Morgan fingerprint density at radius 1 is 1.09 bits per heavy atom. The fourth-order valence-electron chi connectivity index (χ4n) is 4.36. The highest BCUT2D eigenvalue weighted by atomic mass is 16.5. The first-order valence-corrected chi connectivity index (χ1v) is 11.5. The standard InChI is InChI=1S/C26H33N5O4/c1-6-30(21(32)16-29(4)14-20-12-17(2)23(35-5)18(3)13-20)22-24(27)31(26(34)28-25(22)33)15-19-10-8-7-9-11-19/h7-13H,6,14-16,27H2,1-5H3,(H,28,33,34). The summed E-state index contributed by atoms with van der Waals surface area (Å²) in [5.74, 6) is 0.519. The number of hydrogen-bond donors (Lipinski definition) is 2. The van der Waals surface area contributed by atoms with E-state index in [0.29, 0.717) is 6.54 Å². The third kappa shape index (κ3) is 5.81. The van der Waals surface area contributed by atoms with E-state index in [2.05, 4.69) is 4.98 Å². The van der Waals surface area contributed by atoms with Gasteiger partial charge in [0.15, 0.2) is 5.69 Å². The van der Waals surface area contributed by atoms with E-state index in [0.717, 1.165) is 28.0 Å². The number of carbonyl (C=O) groups excluding carboxylic acids is 1. The van der Waals surface area contributed by atoms with Gasteiger partial charge in [-0.2, -0.15) is 0 Å². The Morgan fingerprint density at radius 2 is 1.71 bits per heavy atom. The van der Waals surface area contributed by atoms with Gasteiger partial charge in [-0.3, -0.25) is 24.0 Å². The van der Waals surface area contributed by atoms with Crippen LogP contribution in [0.5, 0.6) is 5.75 Å². The highest BCUT2D eigenvalue weighted by molar-refractivity contribution is 5.96. The van der Waals surface area contributed by atoms with Crippen LogP contribution in [0.3, 0.4) is 0 Å². The second-order valence-electron chi connectivity index (χ2n) is 8.64. The van der Waals surface area contributed by atoms with Crippen molar-refractivity contribution in [2.24, 2.45) is 0 Å². The third-order valence-electron chi connectivity index (χ3n) is 5.87. The largest absolute Gasteiger partial charge is 0.496 e. The van der Waals surface area contributed by atoms with Crippen LogP contribution in [0, 0.1) is 13.8 Å².